The van der Waals surface area contributed by atoms with Crippen LogP contribution < -0.4 is 5.32 Å². The Morgan fingerprint density at radius 3 is 2.72 bits per heavy atom. The third-order valence-electron chi connectivity index (χ3n) is 3.91. The van der Waals surface area contributed by atoms with E-state index in [4.69, 9.17) is 0 Å². The van der Waals surface area contributed by atoms with Crippen LogP contribution in [0.4, 0.5) is 0 Å². The minimum Gasteiger partial charge on any atom is -0.345 e. The average molecular weight is 246 g/mol. The molecule has 1 atom stereocenters. The monoisotopic (exact) mass is 246 g/mol. The van der Waals surface area contributed by atoms with Gasteiger partial charge in [0.15, 0.2) is 0 Å². The van der Waals surface area contributed by atoms with E-state index in [0.717, 1.165) is 18.9 Å². The number of fused-ring (bicyclic) bond motifs is 4. The molecule has 1 aromatic rings. The maximum atomic E-state index is 12.0. The van der Waals surface area contributed by atoms with Gasteiger partial charge in [-0.05, 0) is 44.3 Å². The zero-order valence-electron chi connectivity index (χ0n) is 10.4. The van der Waals surface area contributed by atoms with Crippen LogP contribution in [0.5, 0.6) is 0 Å². The van der Waals surface area contributed by atoms with Gasteiger partial charge in [-0.1, -0.05) is 0 Å². The van der Waals surface area contributed by atoms with Gasteiger partial charge in [-0.2, -0.15) is 0 Å². The Labute approximate surface area is 107 Å². The van der Waals surface area contributed by atoms with Gasteiger partial charge in [-0.25, -0.2) is 9.97 Å². The van der Waals surface area contributed by atoms with Crippen LogP contribution in [0.2, 0.25) is 0 Å². The first-order valence-corrected chi connectivity index (χ1v) is 6.61. The van der Waals surface area contributed by atoms with E-state index in [-0.39, 0.29) is 17.8 Å². The third kappa shape index (κ3) is 2.51. The minimum absolute atomic E-state index is 0.150. The van der Waals surface area contributed by atoms with Crippen molar-refractivity contribution in [2.24, 2.45) is 5.92 Å². The topological polar surface area (TPSA) is 58.1 Å². The summed E-state index contributed by atoms with van der Waals surface area (Å²) in [7, 11) is 0. The van der Waals surface area contributed by atoms with Gasteiger partial charge in [-0.3, -0.25) is 4.79 Å². The first kappa shape index (κ1) is 11.6. The molecule has 3 fully saturated rings. The smallest absolute Gasteiger partial charge is 0.289 e. The molecule has 0 unspecified atom stereocenters. The Balaban J connectivity index is 1.64. The number of piperidine rings is 1. The van der Waals surface area contributed by atoms with Crippen molar-refractivity contribution in [3.63, 3.8) is 0 Å². The number of nitrogens with zero attached hydrogens (tertiary/aromatic N) is 3. The molecule has 18 heavy (non-hydrogen) atoms. The second-order valence-corrected chi connectivity index (χ2v) is 5.22. The van der Waals surface area contributed by atoms with Gasteiger partial charge >= 0.3 is 0 Å². The molecule has 5 heteroatoms. The van der Waals surface area contributed by atoms with Crippen LogP contribution >= 0.6 is 0 Å². The molecule has 3 aliphatic rings. The van der Waals surface area contributed by atoms with Crippen molar-refractivity contribution >= 4 is 5.91 Å². The Kier molecular flexibility index (Phi) is 3.23. The summed E-state index contributed by atoms with van der Waals surface area (Å²) in [6.45, 7) is 3.33. The summed E-state index contributed by atoms with van der Waals surface area (Å²) >= 11 is 0. The number of amides is 1. The summed E-state index contributed by atoms with van der Waals surface area (Å²) in [5, 5.41) is 3.07. The molecule has 0 aromatic carbocycles. The first-order valence-electron chi connectivity index (χ1n) is 6.61. The molecule has 1 aromatic heterocycles. The van der Waals surface area contributed by atoms with Gasteiger partial charge in [-0.15, -0.1) is 0 Å². The van der Waals surface area contributed by atoms with Crippen molar-refractivity contribution in [2.75, 3.05) is 19.6 Å². The highest BCUT2D eigenvalue weighted by Crippen LogP contribution is 2.26. The number of rotatable bonds is 2. The Morgan fingerprint density at radius 1 is 1.28 bits per heavy atom. The molecule has 96 valence electrons. The van der Waals surface area contributed by atoms with Gasteiger partial charge < -0.3 is 10.2 Å². The molecule has 3 saturated heterocycles. The van der Waals surface area contributed by atoms with Crippen LogP contribution in [0, 0.1) is 5.92 Å². The normalized spacial score (nSPS) is 30.8. The maximum absolute atomic E-state index is 12.0. The molecule has 5 nitrogen and oxygen atoms in total. The second kappa shape index (κ2) is 5.02. The lowest BCUT2D eigenvalue weighted by Crippen LogP contribution is -2.42. The predicted molar refractivity (Wildman–Crippen MR) is 67.1 cm³/mol. The van der Waals surface area contributed by atoms with Crippen LogP contribution in [0.3, 0.4) is 0 Å². The molecule has 4 heterocycles. The van der Waals surface area contributed by atoms with Crippen molar-refractivity contribution < 1.29 is 4.79 Å². The van der Waals surface area contributed by atoms with Crippen molar-refractivity contribution in [1.29, 1.82) is 0 Å². The summed E-state index contributed by atoms with van der Waals surface area (Å²) in [4.78, 5) is 22.4. The Bertz CT molecular complexity index is 400. The molecule has 0 saturated carbocycles. The molecule has 2 bridgehead atoms. The standard InChI is InChI=1S/C13H18N4O/c18-13(12-14-4-1-5-15-12)16-11-8-10-2-6-17(9-11)7-3-10/h1,4-5,10-11H,2-3,6-9H2,(H,16,18)/t11-/m1/s1. The van der Waals surface area contributed by atoms with E-state index in [0.29, 0.717) is 0 Å². The van der Waals surface area contributed by atoms with Crippen LogP contribution in [-0.2, 0) is 0 Å². The molecule has 3 aliphatic heterocycles. The highest BCUT2D eigenvalue weighted by Gasteiger charge is 2.30. The van der Waals surface area contributed by atoms with Crippen LogP contribution in [0.1, 0.15) is 29.9 Å². The zero-order chi connectivity index (χ0) is 12.4. The maximum Gasteiger partial charge on any atom is 0.289 e. The highest BCUT2D eigenvalue weighted by molar-refractivity contribution is 5.90. The van der Waals surface area contributed by atoms with Crippen LogP contribution in [0.25, 0.3) is 0 Å². The van der Waals surface area contributed by atoms with Gasteiger partial charge in [0.25, 0.3) is 5.91 Å². The summed E-state index contributed by atoms with van der Waals surface area (Å²) in [6, 6.07) is 1.96. The lowest BCUT2D eigenvalue weighted by Gasteiger charge is -2.26. The largest absolute Gasteiger partial charge is 0.345 e. The summed E-state index contributed by atoms with van der Waals surface area (Å²) in [6.07, 6.45) is 6.84. The fourth-order valence-corrected chi connectivity index (χ4v) is 2.96. The average Bonchev–Trinajstić information content (AvgIpc) is 2.72. The third-order valence-corrected chi connectivity index (χ3v) is 3.91. The minimum atomic E-state index is -0.150. The highest BCUT2D eigenvalue weighted by atomic mass is 16.2. The van der Waals surface area contributed by atoms with E-state index < -0.39 is 0 Å². The quantitative estimate of drug-likeness (QED) is 0.834. The summed E-state index contributed by atoms with van der Waals surface area (Å²) in [5.41, 5.74) is 0. The van der Waals surface area contributed by atoms with E-state index >= 15 is 0 Å². The van der Waals surface area contributed by atoms with Gasteiger partial charge in [0.1, 0.15) is 0 Å². The number of carbonyl (C=O) groups excluding carboxylic acids is 1. The van der Waals surface area contributed by atoms with E-state index in [1.54, 1.807) is 18.5 Å². The Hall–Kier alpha value is -1.49. The zero-order valence-corrected chi connectivity index (χ0v) is 10.4. The lowest BCUT2D eigenvalue weighted by atomic mass is 9.94. The second-order valence-electron chi connectivity index (χ2n) is 5.22. The SMILES string of the molecule is O=C(N[C@@H]1CC2CCN(CC2)C1)c1ncccn1. The number of aromatic nitrogens is 2. The fraction of sp³-hybridized carbons (Fsp3) is 0.615. The van der Waals surface area contributed by atoms with Crippen molar-refractivity contribution in [2.45, 2.75) is 25.3 Å². The molecule has 1 amide bonds. The summed E-state index contributed by atoms with van der Waals surface area (Å²) in [5.74, 6) is 0.887. The number of carbonyl (C=O) groups is 1. The van der Waals surface area contributed by atoms with Crippen LogP contribution in [-0.4, -0.2) is 46.5 Å². The molecule has 4 rings (SSSR count). The first-order chi connectivity index (χ1) is 8.81. The fourth-order valence-electron chi connectivity index (χ4n) is 2.96. The molecule has 1 N–H and O–H groups in total. The molecule has 0 aliphatic carbocycles. The Morgan fingerprint density at radius 2 is 2.00 bits per heavy atom. The van der Waals surface area contributed by atoms with Gasteiger partial charge in [0.2, 0.25) is 5.82 Å². The van der Waals surface area contributed by atoms with E-state index in [2.05, 4.69) is 20.2 Å². The molecular weight excluding hydrogens is 228 g/mol. The van der Waals surface area contributed by atoms with Gasteiger partial charge in [0.05, 0.1) is 0 Å². The van der Waals surface area contributed by atoms with E-state index in [9.17, 15) is 4.79 Å². The number of nitrogens with one attached hydrogen (secondary N) is 1. The number of hydrogen-bond acceptors (Lipinski definition) is 4. The van der Waals surface area contributed by atoms with E-state index in [1.165, 1.54) is 25.9 Å². The molecular formula is C13H18N4O. The van der Waals surface area contributed by atoms with Crippen LogP contribution in [0.15, 0.2) is 18.5 Å². The van der Waals surface area contributed by atoms with Gasteiger partial charge in [0, 0.05) is 25.0 Å². The predicted octanol–water partition coefficient (Wildman–Crippen LogP) is 0.691. The van der Waals surface area contributed by atoms with Crippen molar-refractivity contribution in [1.82, 2.24) is 20.2 Å². The summed E-state index contributed by atoms with van der Waals surface area (Å²) < 4.78 is 0. The molecule has 0 spiro atoms. The molecule has 0 radical (unpaired) electrons. The van der Waals surface area contributed by atoms with Crippen molar-refractivity contribution in [3.05, 3.63) is 24.3 Å². The van der Waals surface area contributed by atoms with Crippen molar-refractivity contribution in [3.8, 4) is 0 Å². The number of hydrogen-bond donors (Lipinski definition) is 1. The lowest BCUT2D eigenvalue weighted by molar-refractivity contribution is 0.0918. The van der Waals surface area contributed by atoms with E-state index in [1.807, 2.05) is 0 Å².